The summed E-state index contributed by atoms with van der Waals surface area (Å²) >= 11 is 6.48. The molecule has 1 heterocycles. The van der Waals surface area contributed by atoms with Crippen molar-refractivity contribution in [2.45, 2.75) is 31.4 Å². The number of carbonyl (C=O) groups excluding carboxylic acids is 1. The molecule has 5 rings (SSSR count). The van der Waals surface area contributed by atoms with E-state index >= 15 is 0 Å². The van der Waals surface area contributed by atoms with Gasteiger partial charge in [0.25, 0.3) is 5.91 Å². The van der Waals surface area contributed by atoms with Crippen molar-refractivity contribution in [1.29, 1.82) is 0 Å². The molecule has 1 amide bonds. The van der Waals surface area contributed by atoms with Crippen LogP contribution in [0.5, 0.6) is 5.75 Å². The molecule has 0 saturated heterocycles. The first kappa shape index (κ1) is 21.2. The number of ether oxygens (including phenoxy) is 1. The minimum Gasteiger partial charge on any atom is -0.486 e. The van der Waals surface area contributed by atoms with Gasteiger partial charge in [0, 0.05) is 21.2 Å². The zero-order chi connectivity index (χ0) is 23.0. The van der Waals surface area contributed by atoms with Crippen molar-refractivity contribution in [2.24, 2.45) is 0 Å². The second kappa shape index (κ2) is 8.37. The van der Waals surface area contributed by atoms with Gasteiger partial charge in [-0.2, -0.15) is 0 Å². The van der Waals surface area contributed by atoms with E-state index in [1.165, 1.54) is 6.07 Å². The Morgan fingerprint density at radius 2 is 1.76 bits per heavy atom. The Bertz CT molecular complexity index is 1400. The molecular weight excluding hydrogens is 440 g/mol. The van der Waals surface area contributed by atoms with Gasteiger partial charge in [-0.25, -0.2) is 9.78 Å². The van der Waals surface area contributed by atoms with Crippen molar-refractivity contribution in [3.8, 4) is 5.75 Å². The fourth-order valence-corrected chi connectivity index (χ4v) is 4.44. The molecule has 1 saturated carbocycles. The Kier molecular flexibility index (Phi) is 5.38. The zero-order valence-corrected chi connectivity index (χ0v) is 18.4. The van der Waals surface area contributed by atoms with Gasteiger partial charge >= 0.3 is 5.97 Å². The molecule has 0 atom stereocenters. The van der Waals surface area contributed by atoms with Gasteiger partial charge in [0.15, 0.2) is 0 Å². The number of carbonyl (C=O) groups is 2. The van der Waals surface area contributed by atoms with Gasteiger partial charge in [-0.1, -0.05) is 60.1 Å². The molecular formula is C26H21ClN2O4. The van der Waals surface area contributed by atoms with E-state index in [4.69, 9.17) is 16.3 Å². The number of nitrogens with one attached hydrogen (secondary N) is 1. The Labute approximate surface area is 195 Å². The maximum Gasteiger partial charge on any atom is 0.329 e. The van der Waals surface area contributed by atoms with Crippen LogP contribution in [0.15, 0.2) is 66.7 Å². The number of hydrogen-bond donors (Lipinski definition) is 2. The molecule has 166 valence electrons. The van der Waals surface area contributed by atoms with Gasteiger partial charge in [0.05, 0.1) is 16.8 Å². The minimum absolute atomic E-state index is 0.140. The first-order valence-corrected chi connectivity index (χ1v) is 11.1. The average molecular weight is 461 g/mol. The molecule has 33 heavy (non-hydrogen) atoms. The summed E-state index contributed by atoms with van der Waals surface area (Å²) in [6.07, 6.45) is 1.54. The van der Waals surface area contributed by atoms with E-state index in [1.807, 2.05) is 60.7 Å². The number of para-hydroxylation sites is 1. The van der Waals surface area contributed by atoms with Gasteiger partial charge in [0.1, 0.15) is 17.9 Å². The first-order chi connectivity index (χ1) is 16.0. The maximum atomic E-state index is 13.2. The van der Waals surface area contributed by atoms with Crippen molar-refractivity contribution >= 4 is 45.2 Å². The number of pyridine rings is 1. The summed E-state index contributed by atoms with van der Waals surface area (Å²) < 4.78 is 6.16. The summed E-state index contributed by atoms with van der Waals surface area (Å²) in [4.78, 5) is 29.6. The van der Waals surface area contributed by atoms with E-state index in [-0.39, 0.29) is 12.2 Å². The quantitative estimate of drug-likeness (QED) is 0.404. The topological polar surface area (TPSA) is 88.5 Å². The fourth-order valence-electron chi connectivity index (χ4n) is 4.17. The molecule has 0 aliphatic heterocycles. The monoisotopic (exact) mass is 460 g/mol. The molecule has 0 unspecified atom stereocenters. The number of hydrogen-bond acceptors (Lipinski definition) is 4. The fraction of sp³-hybridized carbons (Fsp3) is 0.192. The van der Waals surface area contributed by atoms with Crippen LogP contribution in [0, 0.1) is 0 Å². The van der Waals surface area contributed by atoms with Crippen molar-refractivity contribution < 1.29 is 19.4 Å². The summed E-state index contributed by atoms with van der Waals surface area (Å²) in [5.74, 6) is -1.20. The molecule has 1 fully saturated rings. The van der Waals surface area contributed by atoms with Crippen molar-refractivity contribution in [1.82, 2.24) is 10.3 Å². The minimum atomic E-state index is -1.24. The number of halogens is 1. The Morgan fingerprint density at radius 1 is 1.03 bits per heavy atom. The normalized spacial score (nSPS) is 14.6. The summed E-state index contributed by atoms with van der Waals surface area (Å²) in [7, 11) is 0. The number of aromatic nitrogens is 1. The third-order valence-corrected chi connectivity index (χ3v) is 6.49. The number of benzene rings is 3. The Balaban J connectivity index is 1.52. The summed E-state index contributed by atoms with van der Waals surface area (Å²) in [6, 6.07) is 20.6. The van der Waals surface area contributed by atoms with Crippen LogP contribution in [-0.2, 0) is 11.4 Å². The lowest BCUT2D eigenvalue weighted by Gasteiger charge is -2.38. The first-order valence-electron chi connectivity index (χ1n) is 10.7. The number of nitrogens with zero attached hydrogens (tertiary/aromatic N) is 1. The number of carboxylic acid groups (broad SMARTS) is 1. The highest BCUT2D eigenvalue weighted by Crippen LogP contribution is 2.37. The van der Waals surface area contributed by atoms with Gasteiger partial charge in [-0.05, 0) is 37.5 Å². The number of carboxylic acids is 1. The second-order valence-corrected chi connectivity index (χ2v) is 8.67. The van der Waals surface area contributed by atoms with E-state index in [1.54, 1.807) is 0 Å². The maximum absolute atomic E-state index is 13.2. The Hall–Kier alpha value is -3.64. The highest BCUT2D eigenvalue weighted by atomic mass is 35.5. The van der Waals surface area contributed by atoms with Crippen molar-refractivity contribution in [3.05, 3.63) is 83.0 Å². The lowest BCUT2D eigenvalue weighted by Crippen LogP contribution is -2.59. The van der Waals surface area contributed by atoms with Crippen LogP contribution in [0.3, 0.4) is 0 Å². The molecule has 0 bridgehead atoms. The lowest BCUT2D eigenvalue weighted by molar-refractivity contribution is -0.148. The van der Waals surface area contributed by atoms with E-state index in [0.717, 1.165) is 22.7 Å². The predicted octanol–water partition coefficient (Wildman–Crippen LogP) is 5.36. The summed E-state index contributed by atoms with van der Waals surface area (Å²) in [6.45, 7) is 0.140. The molecule has 0 radical (unpaired) electrons. The molecule has 6 nitrogen and oxygen atoms in total. The Morgan fingerprint density at radius 3 is 2.48 bits per heavy atom. The zero-order valence-electron chi connectivity index (χ0n) is 17.7. The molecule has 4 aromatic rings. The molecule has 0 spiro atoms. The SMILES string of the molecule is O=C(NC1(C(=O)O)CCC1)c1cc(Cl)c2ccccc2c1OCc1ccc2ccccc2n1. The predicted molar refractivity (Wildman–Crippen MR) is 127 cm³/mol. The van der Waals surface area contributed by atoms with Crippen LogP contribution in [0.25, 0.3) is 21.7 Å². The third kappa shape index (κ3) is 3.87. The molecule has 1 aliphatic carbocycles. The van der Waals surface area contributed by atoms with Crippen LogP contribution in [0.2, 0.25) is 5.02 Å². The van der Waals surface area contributed by atoms with Gasteiger partial charge in [-0.3, -0.25) is 4.79 Å². The molecule has 1 aromatic heterocycles. The van der Waals surface area contributed by atoms with Crippen LogP contribution in [0.4, 0.5) is 0 Å². The highest BCUT2D eigenvalue weighted by molar-refractivity contribution is 6.36. The molecule has 7 heteroatoms. The smallest absolute Gasteiger partial charge is 0.329 e. The standard InChI is InChI=1S/C26H21ClN2O4/c27-21-14-20(24(30)29-26(25(31)32)12-5-13-26)23(19-8-3-2-7-18(19)21)33-15-17-11-10-16-6-1-4-9-22(16)28-17/h1-4,6-11,14H,5,12-13,15H2,(H,29,30)(H,31,32). The van der Waals surface area contributed by atoms with Crippen LogP contribution in [0.1, 0.15) is 35.3 Å². The number of amides is 1. The number of rotatable bonds is 6. The highest BCUT2D eigenvalue weighted by Gasteiger charge is 2.46. The van der Waals surface area contributed by atoms with Gasteiger partial charge in [0.2, 0.25) is 0 Å². The van der Waals surface area contributed by atoms with Gasteiger partial charge in [-0.15, -0.1) is 0 Å². The number of aliphatic carboxylic acids is 1. The van der Waals surface area contributed by atoms with Crippen molar-refractivity contribution in [3.63, 3.8) is 0 Å². The van der Waals surface area contributed by atoms with Crippen LogP contribution >= 0.6 is 11.6 Å². The van der Waals surface area contributed by atoms with E-state index in [9.17, 15) is 14.7 Å². The van der Waals surface area contributed by atoms with E-state index in [2.05, 4.69) is 10.3 Å². The average Bonchev–Trinajstić information content (AvgIpc) is 2.80. The van der Waals surface area contributed by atoms with Crippen LogP contribution in [-0.4, -0.2) is 27.5 Å². The lowest BCUT2D eigenvalue weighted by atomic mass is 9.76. The second-order valence-electron chi connectivity index (χ2n) is 8.26. The third-order valence-electron chi connectivity index (χ3n) is 6.18. The summed E-state index contributed by atoms with van der Waals surface area (Å²) in [5.41, 5.74) is 0.518. The van der Waals surface area contributed by atoms with E-state index < -0.39 is 17.4 Å². The van der Waals surface area contributed by atoms with Crippen molar-refractivity contribution in [2.75, 3.05) is 0 Å². The largest absolute Gasteiger partial charge is 0.486 e. The number of fused-ring (bicyclic) bond motifs is 2. The summed E-state index contributed by atoms with van der Waals surface area (Å²) in [5, 5.41) is 15.2. The molecule has 2 N–H and O–H groups in total. The van der Waals surface area contributed by atoms with Crippen LogP contribution < -0.4 is 10.1 Å². The molecule has 3 aromatic carbocycles. The van der Waals surface area contributed by atoms with E-state index in [0.29, 0.717) is 34.7 Å². The van der Waals surface area contributed by atoms with Gasteiger partial charge < -0.3 is 15.2 Å². The molecule has 1 aliphatic rings.